The van der Waals surface area contributed by atoms with Gasteiger partial charge in [-0.2, -0.15) is 0 Å². The predicted molar refractivity (Wildman–Crippen MR) is 80.9 cm³/mol. The van der Waals surface area contributed by atoms with Crippen LogP contribution in [0.2, 0.25) is 0 Å². The minimum absolute atomic E-state index is 0.651. The molecule has 1 aliphatic rings. The molecule has 1 N–H and O–H groups in total. The van der Waals surface area contributed by atoms with E-state index < -0.39 is 0 Å². The first-order valence-electron chi connectivity index (χ1n) is 7.38. The molecule has 1 aromatic heterocycles. The lowest BCUT2D eigenvalue weighted by atomic mass is 10.2. The van der Waals surface area contributed by atoms with E-state index in [1.54, 1.807) is 0 Å². The van der Waals surface area contributed by atoms with Crippen molar-refractivity contribution < 1.29 is 0 Å². The van der Waals surface area contributed by atoms with Crippen LogP contribution in [0.25, 0.3) is 0 Å². The molecular weight excluding hydrogens is 236 g/mol. The first-order valence-corrected chi connectivity index (χ1v) is 7.38. The van der Waals surface area contributed by atoms with Gasteiger partial charge in [-0.05, 0) is 25.7 Å². The van der Waals surface area contributed by atoms with Crippen molar-refractivity contribution in [2.75, 3.05) is 23.8 Å². The van der Waals surface area contributed by atoms with Gasteiger partial charge in [0.25, 0.3) is 0 Å². The molecule has 0 atom stereocenters. The SMILES string of the molecule is CCc1nc(NC)c(C)c(N(CC(C)C)C2CC2)n1. The van der Waals surface area contributed by atoms with Gasteiger partial charge in [0.15, 0.2) is 0 Å². The monoisotopic (exact) mass is 262 g/mol. The molecule has 0 unspecified atom stereocenters. The van der Waals surface area contributed by atoms with Gasteiger partial charge in [0.1, 0.15) is 17.5 Å². The van der Waals surface area contributed by atoms with Crippen molar-refractivity contribution in [3.05, 3.63) is 11.4 Å². The van der Waals surface area contributed by atoms with E-state index in [4.69, 9.17) is 4.98 Å². The van der Waals surface area contributed by atoms with Crippen molar-refractivity contribution in [1.82, 2.24) is 9.97 Å². The summed E-state index contributed by atoms with van der Waals surface area (Å²) < 4.78 is 0. The third kappa shape index (κ3) is 3.17. The molecule has 0 saturated heterocycles. The standard InChI is InChI=1S/C15H26N4/c1-6-13-17-14(16-5)11(4)15(18-13)19(9-10(2)3)12-7-8-12/h10,12H,6-9H2,1-5H3,(H,16,17,18). The molecule has 1 heterocycles. The van der Waals surface area contributed by atoms with Crippen molar-refractivity contribution in [3.8, 4) is 0 Å². The Morgan fingerprint density at radius 3 is 2.47 bits per heavy atom. The Balaban J connectivity index is 2.39. The number of nitrogens with one attached hydrogen (secondary N) is 1. The lowest BCUT2D eigenvalue weighted by molar-refractivity contribution is 0.600. The van der Waals surface area contributed by atoms with E-state index in [9.17, 15) is 0 Å². The molecule has 0 aliphatic heterocycles. The van der Waals surface area contributed by atoms with Crippen molar-refractivity contribution in [2.45, 2.75) is 53.0 Å². The molecule has 19 heavy (non-hydrogen) atoms. The Labute approximate surface area is 116 Å². The minimum Gasteiger partial charge on any atom is -0.373 e. The van der Waals surface area contributed by atoms with Gasteiger partial charge in [-0.25, -0.2) is 9.97 Å². The van der Waals surface area contributed by atoms with Crippen LogP contribution in [0.15, 0.2) is 0 Å². The highest BCUT2D eigenvalue weighted by atomic mass is 15.3. The van der Waals surface area contributed by atoms with Gasteiger partial charge < -0.3 is 10.2 Å². The Hall–Kier alpha value is -1.32. The molecule has 4 nitrogen and oxygen atoms in total. The normalized spacial score (nSPS) is 14.8. The Morgan fingerprint density at radius 2 is 2.00 bits per heavy atom. The zero-order valence-electron chi connectivity index (χ0n) is 12.8. The van der Waals surface area contributed by atoms with Gasteiger partial charge in [-0.3, -0.25) is 0 Å². The molecule has 1 saturated carbocycles. The third-order valence-corrected chi connectivity index (χ3v) is 3.54. The van der Waals surface area contributed by atoms with Crippen LogP contribution >= 0.6 is 0 Å². The second-order valence-electron chi connectivity index (χ2n) is 5.82. The largest absolute Gasteiger partial charge is 0.373 e. The van der Waals surface area contributed by atoms with Gasteiger partial charge in [-0.15, -0.1) is 0 Å². The fourth-order valence-electron chi connectivity index (χ4n) is 2.42. The number of nitrogens with zero attached hydrogens (tertiary/aromatic N) is 3. The molecule has 106 valence electrons. The fraction of sp³-hybridized carbons (Fsp3) is 0.733. The van der Waals surface area contributed by atoms with E-state index in [0.29, 0.717) is 12.0 Å². The maximum Gasteiger partial charge on any atom is 0.137 e. The van der Waals surface area contributed by atoms with Gasteiger partial charge in [0.05, 0.1) is 0 Å². The Bertz CT molecular complexity index is 438. The minimum atomic E-state index is 0.651. The molecule has 0 radical (unpaired) electrons. The number of rotatable bonds is 6. The van der Waals surface area contributed by atoms with E-state index in [2.05, 4.69) is 42.9 Å². The molecule has 0 spiro atoms. The molecular formula is C15H26N4. The molecule has 0 amide bonds. The summed E-state index contributed by atoms with van der Waals surface area (Å²) in [5.41, 5.74) is 1.17. The first kappa shape index (κ1) is 14.1. The summed E-state index contributed by atoms with van der Waals surface area (Å²) in [5, 5.41) is 3.20. The van der Waals surface area contributed by atoms with Crippen molar-refractivity contribution in [3.63, 3.8) is 0 Å². The second-order valence-corrected chi connectivity index (χ2v) is 5.82. The maximum absolute atomic E-state index is 4.79. The van der Waals surface area contributed by atoms with E-state index in [0.717, 1.165) is 30.4 Å². The molecule has 0 aromatic carbocycles. The van der Waals surface area contributed by atoms with Gasteiger partial charge >= 0.3 is 0 Å². The molecule has 2 rings (SSSR count). The van der Waals surface area contributed by atoms with E-state index in [-0.39, 0.29) is 0 Å². The lowest BCUT2D eigenvalue weighted by Crippen LogP contribution is -2.32. The highest BCUT2D eigenvalue weighted by molar-refractivity contribution is 5.59. The highest BCUT2D eigenvalue weighted by Crippen LogP contribution is 2.34. The molecule has 1 fully saturated rings. The van der Waals surface area contributed by atoms with Crippen LogP contribution in [0.4, 0.5) is 11.6 Å². The van der Waals surface area contributed by atoms with E-state index >= 15 is 0 Å². The smallest absolute Gasteiger partial charge is 0.137 e. The average Bonchev–Trinajstić information content (AvgIpc) is 3.20. The summed E-state index contributed by atoms with van der Waals surface area (Å²) in [5.74, 6) is 3.68. The van der Waals surface area contributed by atoms with E-state index in [1.165, 1.54) is 18.4 Å². The lowest BCUT2D eigenvalue weighted by Gasteiger charge is -2.28. The topological polar surface area (TPSA) is 41.1 Å². The number of aromatic nitrogens is 2. The maximum atomic E-state index is 4.79. The summed E-state index contributed by atoms with van der Waals surface area (Å²) in [6, 6.07) is 0.686. The second kappa shape index (κ2) is 5.76. The molecule has 1 aromatic rings. The Morgan fingerprint density at radius 1 is 1.32 bits per heavy atom. The Kier molecular flexibility index (Phi) is 4.27. The number of hydrogen-bond donors (Lipinski definition) is 1. The van der Waals surface area contributed by atoms with Crippen LogP contribution in [0.3, 0.4) is 0 Å². The van der Waals surface area contributed by atoms with Crippen LogP contribution in [0, 0.1) is 12.8 Å². The van der Waals surface area contributed by atoms with Gasteiger partial charge in [0, 0.05) is 31.6 Å². The summed E-state index contributed by atoms with van der Waals surface area (Å²) in [6.07, 6.45) is 3.47. The van der Waals surface area contributed by atoms with Crippen LogP contribution in [-0.4, -0.2) is 29.6 Å². The van der Waals surface area contributed by atoms with Crippen molar-refractivity contribution >= 4 is 11.6 Å². The number of hydrogen-bond acceptors (Lipinski definition) is 4. The van der Waals surface area contributed by atoms with Crippen molar-refractivity contribution in [2.24, 2.45) is 5.92 Å². The third-order valence-electron chi connectivity index (χ3n) is 3.54. The van der Waals surface area contributed by atoms with E-state index in [1.807, 2.05) is 7.05 Å². The zero-order chi connectivity index (χ0) is 14.0. The van der Waals surface area contributed by atoms with Crippen LogP contribution in [0.5, 0.6) is 0 Å². The quantitative estimate of drug-likeness (QED) is 0.855. The number of aryl methyl sites for hydroxylation is 1. The van der Waals surface area contributed by atoms with Crippen molar-refractivity contribution in [1.29, 1.82) is 0 Å². The first-order chi connectivity index (χ1) is 9.06. The van der Waals surface area contributed by atoms with Crippen LogP contribution in [0.1, 0.15) is 45.0 Å². The highest BCUT2D eigenvalue weighted by Gasteiger charge is 2.32. The summed E-state index contributed by atoms with van der Waals surface area (Å²) in [7, 11) is 1.93. The predicted octanol–water partition coefficient (Wildman–Crippen LogP) is 3.01. The van der Waals surface area contributed by atoms with Gasteiger partial charge in [-0.1, -0.05) is 20.8 Å². The average molecular weight is 262 g/mol. The molecule has 0 bridgehead atoms. The zero-order valence-corrected chi connectivity index (χ0v) is 12.8. The molecule has 1 aliphatic carbocycles. The number of anilines is 2. The molecule has 4 heteroatoms. The summed E-state index contributed by atoms with van der Waals surface area (Å²) in [6.45, 7) is 9.85. The van der Waals surface area contributed by atoms with Crippen LogP contribution < -0.4 is 10.2 Å². The summed E-state index contributed by atoms with van der Waals surface area (Å²) in [4.78, 5) is 11.8. The van der Waals surface area contributed by atoms with Gasteiger partial charge in [0.2, 0.25) is 0 Å². The fourth-order valence-corrected chi connectivity index (χ4v) is 2.42. The summed E-state index contributed by atoms with van der Waals surface area (Å²) >= 11 is 0. The van der Waals surface area contributed by atoms with Crippen LogP contribution in [-0.2, 0) is 6.42 Å².